The molecule has 6 nitrogen and oxygen atoms in total. The highest BCUT2D eigenvalue weighted by Crippen LogP contribution is 2.14. The van der Waals surface area contributed by atoms with Crippen molar-refractivity contribution in [3.63, 3.8) is 0 Å². The molecule has 16 heavy (non-hydrogen) atoms. The zero-order valence-electron chi connectivity index (χ0n) is 9.09. The lowest BCUT2D eigenvalue weighted by atomic mass is 10.3. The first-order valence-corrected chi connectivity index (χ1v) is 5.10. The maximum atomic E-state index is 12.0. The molecular formula is C10H14N4O2. The number of amides is 1. The summed E-state index contributed by atoms with van der Waals surface area (Å²) in [5.74, 6) is 0.118. The van der Waals surface area contributed by atoms with Gasteiger partial charge < -0.3 is 15.4 Å². The van der Waals surface area contributed by atoms with E-state index in [0.29, 0.717) is 13.1 Å². The monoisotopic (exact) mass is 222 g/mol. The van der Waals surface area contributed by atoms with Gasteiger partial charge in [-0.2, -0.15) is 0 Å². The standard InChI is InChI=1S/C10H14N4O2/c1-16-7-2-3-14(6-7)10(15)8-4-12-5-9(11)13-8/h4-5,7H,2-3,6H2,1H3,(H2,11,13). The molecule has 0 aliphatic carbocycles. The molecule has 1 saturated heterocycles. The zero-order chi connectivity index (χ0) is 11.5. The lowest BCUT2D eigenvalue weighted by Gasteiger charge is -2.15. The predicted octanol–water partition coefficient (Wildman–Crippen LogP) is -0.0803. The first kappa shape index (κ1) is 10.8. The number of carbonyl (C=O) groups is 1. The molecular weight excluding hydrogens is 208 g/mol. The summed E-state index contributed by atoms with van der Waals surface area (Å²) >= 11 is 0. The van der Waals surface area contributed by atoms with Gasteiger partial charge in [0.2, 0.25) is 0 Å². The largest absolute Gasteiger partial charge is 0.382 e. The fraction of sp³-hybridized carbons (Fsp3) is 0.500. The highest BCUT2D eigenvalue weighted by molar-refractivity contribution is 5.92. The molecule has 2 rings (SSSR count). The number of nitrogen functional groups attached to an aromatic ring is 1. The second-order valence-corrected chi connectivity index (χ2v) is 3.73. The lowest BCUT2D eigenvalue weighted by Crippen LogP contribution is -2.30. The fourth-order valence-electron chi connectivity index (χ4n) is 1.75. The Hall–Kier alpha value is -1.69. The molecule has 1 aromatic heterocycles. The van der Waals surface area contributed by atoms with Crippen molar-refractivity contribution in [2.45, 2.75) is 12.5 Å². The van der Waals surface area contributed by atoms with Gasteiger partial charge in [-0.1, -0.05) is 0 Å². The van der Waals surface area contributed by atoms with Crippen LogP contribution < -0.4 is 5.73 Å². The second-order valence-electron chi connectivity index (χ2n) is 3.73. The van der Waals surface area contributed by atoms with Gasteiger partial charge in [0, 0.05) is 20.2 Å². The number of nitrogens with two attached hydrogens (primary N) is 1. The summed E-state index contributed by atoms with van der Waals surface area (Å²) in [6.07, 6.45) is 3.83. The number of aromatic nitrogens is 2. The zero-order valence-corrected chi connectivity index (χ0v) is 9.09. The molecule has 0 saturated carbocycles. The lowest BCUT2D eigenvalue weighted by molar-refractivity contribution is 0.0718. The number of carbonyl (C=O) groups excluding carboxylic acids is 1. The van der Waals surface area contributed by atoms with Crippen molar-refractivity contribution >= 4 is 11.7 Å². The van der Waals surface area contributed by atoms with E-state index in [2.05, 4.69) is 9.97 Å². The van der Waals surface area contributed by atoms with Crippen LogP contribution in [0.3, 0.4) is 0 Å². The SMILES string of the molecule is COC1CCN(C(=O)c2cncc(N)n2)C1. The molecule has 86 valence electrons. The van der Waals surface area contributed by atoms with Crippen LogP contribution in [0.4, 0.5) is 5.82 Å². The molecule has 2 N–H and O–H groups in total. The van der Waals surface area contributed by atoms with Crippen molar-refractivity contribution in [3.8, 4) is 0 Å². The van der Waals surface area contributed by atoms with E-state index in [-0.39, 0.29) is 23.5 Å². The van der Waals surface area contributed by atoms with E-state index in [4.69, 9.17) is 10.5 Å². The number of ether oxygens (including phenoxy) is 1. The van der Waals surface area contributed by atoms with E-state index in [1.165, 1.54) is 12.4 Å². The van der Waals surface area contributed by atoms with Crippen molar-refractivity contribution in [1.29, 1.82) is 0 Å². The predicted molar refractivity (Wildman–Crippen MR) is 57.8 cm³/mol. The molecule has 1 fully saturated rings. The molecule has 1 unspecified atom stereocenters. The van der Waals surface area contributed by atoms with Crippen LogP contribution in [0, 0.1) is 0 Å². The maximum absolute atomic E-state index is 12.0. The minimum Gasteiger partial charge on any atom is -0.382 e. The molecule has 6 heteroatoms. The molecule has 0 spiro atoms. The van der Waals surface area contributed by atoms with Crippen molar-refractivity contribution < 1.29 is 9.53 Å². The third-order valence-electron chi connectivity index (χ3n) is 2.64. The summed E-state index contributed by atoms with van der Waals surface area (Å²) in [7, 11) is 1.65. The smallest absolute Gasteiger partial charge is 0.274 e. The number of methoxy groups -OCH3 is 1. The molecule has 1 atom stereocenters. The Kier molecular flexibility index (Phi) is 3.00. The molecule has 1 aliphatic heterocycles. The Labute approximate surface area is 93.4 Å². The number of rotatable bonds is 2. The van der Waals surface area contributed by atoms with E-state index in [1.807, 2.05) is 0 Å². The van der Waals surface area contributed by atoms with Crippen LogP contribution in [-0.4, -0.2) is 47.1 Å². The average Bonchev–Trinajstić information content (AvgIpc) is 2.76. The summed E-state index contributed by atoms with van der Waals surface area (Å²) < 4.78 is 5.20. The van der Waals surface area contributed by atoms with Crippen LogP contribution in [0.5, 0.6) is 0 Å². The van der Waals surface area contributed by atoms with Crippen LogP contribution in [0.2, 0.25) is 0 Å². The quantitative estimate of drug-likeness (QED) is 0.756. The van der Waals surface area contributed by atoms with E-state index in [1.54, 1.807) is 12.0 Å². The number of nitrogens with zero attached hydrogens (tertiary/aromatic N) is 3. The Balaban J connectivity index is 2.08. The van der Waals surface area contributed by atoms with Gasteiger partial charge in [0.1, 0.15) is 11.5 Å². The summed E-state index contributed by atoms with van der Waals surface area (Å²) in [5.41, 5.74) is 5.77. The van der Waals surface area contributed by atoms with Crippen LogP contribution in [0.15, 0.2) is 12.4 Å². The Morgan fingerprint density at radius 1 is 1.62 bits per heavy atom. The van der Waals surface area contributed by atoms with E-state index >= 15 is 0 Å². The van der Waals surface area contributed by atoms with Crippen LogP contribution >= 0.6 is 0 Å². The molecule has 1 amide bonds. The first-order valence-electron chi connectivity index (χ1n) is 5.10. The summed E-state index contributed by atoms with van der Waals surface area (Å²) in [6, 6.07) is 0. The highest BCUT2D eigenvalue weighted by Gasteiger charge is 2.27. The molecule has 1 aromatic rings. The Morgan fingerprint density at radius 3 is 3.06 bits per heavy atom. The summed E-state index contributed by atoms with van der Waals surface area (Å²) in [5, 5.41) is 0. The van der Waals surface area contributed by atoms with E-state index < -0.39 is 0 Å². The topological polar surface area (TPSA) is 81.3 Å². The number of likely N-dealkylation sites (tertiary alicyclic amines) is 1. The van der Waals surface area contributed by atoms with Crippen molar-refractivity contribution in [2.24, 2.45) is 0 Å². The Bertz CT molecular complexity index is 396. The maximum Gasteiger partial charge on any atom is 0.274 e. The van der Waals surface area contributed by atoms with Gasteiger partial charge in [0.15, 0.2) is 0 Å². The average molecular weight is 222 g/mol. The second kappa shape index (κ2) is 4.44. The van der Waals surface area contributed by atoms with E-state index in [9.17, 15) is 4.79 Å². The van der Waals surface area contributed by atoms with E-state index in [0.717, 1.165) is 6.42 Å². The van der Waals surface area contributed by atoms with Gasteiger partial charge >= 0.3 is 0 Å². The van der Waals surface area contributed by atoms with Gasteiger partial charge in [-0.15, -0.1) is 0 Å². The fourth-order valence-corrected chi connectivity index (χ4v) is 1.75. The van der Waals surface area contributed by atoms with Crippen molar-refractivity contribution in [1.82, 2.24) is 14.9 Å². The number of hydrogen-bond acceptors (Lipinski definition) is 5. The number of anilines is 1. The van der Waals surface area contributed by atoms with Gasteiger partial charge in [0.25, 0.3) is 5.91 Å². The third kappa shape index (κ3) is 2.11. The van der Waals surface area contributed by atoms with Gasteiger partial charge in [-0.25, -0.2) is 4.98 Å². The third-order valence-corrected chi connectivity index (χ3v) is 2.64. The van der Waals surface area contributed by atoms with Gasteiger partial charge in [-0.3, -0.25) is 9.78 Å². The summed E-state index contributed by atoms with van der Waals surface area (Å²) in [6.45, 7) is 1.29. The molecule has 2 heterocycles. The summed E-state index contributed by atoms with van der Waals surface area (Å²) in [4.78, 5) is 21.5. The molecule has 1 aliphatic rings. The molecule has 0 aromatic carbocycles. The molecule has 0 radical (unpaired) electrons. The minimum absolute atomic E-state index is 0.123. The van der Waals surface area contributed by atoms with Crippen molar-refractivity contribution in [2.75, 3.05) is 25.9 Å². The number of hydrogen-bond donors (Lipinski definition) is 1. The van der Waals surface area contributed by atoms with Crippen LogP contribution in [0.1, 0.15) is 16.9 Å². The normalized spacial score (nSPS) is 20.1. The van der Waals surface area contributed by atoms with Crippen LogP contribution in [0.25, 0.3) is 0 Å². The Morgan fingerprint density at radius 2 is 2.44 bits per heavy atom. The minimum atomic E-state index is -0.139. The van der Waals surface area contributed by atoms with Gasteiger partial charge in [-0.05, 0) is 6.42 Å². The van der Waals surface area contributed by atoms with Gasteiger partial charge in [0.05, 0.1) is 18.5 Å². The first-order chi connectivity index (χ1) is 7.70. The van der Waals surface area contributed by atoms with Crippen molar-refractivity contribution in [3.05, 3.63) is 18.1 Å². The molecule has 0 bridgehead atoms. The van der Waals surface area contributed by atoms with Crippen LogP contribution in [-0.2, 0) is 4.74 Å². The highest BCUT2D eigenvalue weighted by atomic mass is 16.5.